The highest BCUT2D eigenvalue weighted by Gasteiger charge is 2.18. The van der Waals surface area contributed by atoms with E-state index >= 15 is 0 Å². The van der Waals surface area contributed by atoms with Gasteiger partial charge in [-0.1, -0.05) is 41.9 Å². The fourth-order valence-corrected chi connectivity index (χ4v) is 6.14. The zero-order valence-electron chi connectivity index (χ0n) is 18.7. The molecule has 36 heavy (non-hydrogen) atoms. The van der Waals surface area contributed by atoms with Gasteiger partial charge in [-0.05, 0) is 98.9 Å². The molecule has 0 saturated carbocycles. The van der Waals surface area contributed by atoms with E-state index in [-0.39, 0.29) is 10.1 Å². The normalized spacial score (nSPS) is 11.4. The highest BCUT2D eigenvalue weighted by molar-refractivity contribution is 14.1. The summed E-state index contributed by atoms with van der Waals surface area (Å²) in [5, 5.41) is 17.7. The van der Waals surface area contributed by atoms with Gasteiger partial charge in [0.1, 0.15) is 23.0 Å². The van der Waals surface area contributed by atoms with Crippen molar-refractivity contribution >= 4 is 80.6 Å². The Kier molecular flexibility index (Phi) is 9.14. The van der Waals surface area contributed by atoms with E-state index in [1.807, 2.05) is 42.5 Å². The molecule has 0 unspecified atom stereocenters. The van der Waals surface area contributed by atoms with Crippen LogP contribution in [0.25, 0.3) is 17.5 Å². The molecule has 0 bridgehead atoms. The van der Waals surface area contributed by atoms with Crippen LogP contribution in [-0.2, 0) is 11.4 Å². The van der Waals surface area contributed by atoms with Crippen LogP contribution >= 0.6 is 68.5 Å². The van der Waals surface area contributed by atoms with Gasteiger partial charge in [0.15, 0.2) is 5.82 Å². The highest BCUT2D eigenvalue weighted by Crippen LogP contribution is 2.35. The van der Waals surface area contributed by atoms with Gasteiger partial charge in [0, 0.05) is 14.2 Å². The summed E-state index contributed by atoms with van der Waals surface area (Å²) in [6, 6.07) is 18.8. The molecule has 1 heterocycles. The van der Waals surface area contributed by atoms with Crippen LogP contribution in [0.4, 0.5) is 0 Å². The summed E-state index contributed by atoms with van der Waals surface area (Å²) in [5.41, 5.74) is 2.28. The number of rotatable bonds is 9. The number of aromatic nitrogens is 3. The van der Waals surface area contributed by atoms with Crippen LogP contribution in [0.2, 0.25) is 5.02 Å². The SMILES string of the molecule is COc1ccc(Cl)cc1-c1nc(S/C(=C\c2cc(I)cc(I)c2OCc2ccccc2)C(=O)O)n[nH]1. The van der Waals surface area contributed by atoms with Crippen molar-refractivity contribution in [3.63, 3.8) is 0 Å². The Morgan fingerprint density at radius 3 is 2.67 bits per heavy atom. The van der Waals surface area contributed by atoms with Gasteiger partial charge in [-0.15, -0.1) is 5.10 Å². The third-order valence-electron chi connectivity index (χ3n) is 4.84. The minimum Gasteiger partial charge on any atom is -0.496 e. The van der Waals surface area contributed by atoms with Crippen LogP contribution in [0.5, 0.6) is 11.5 Å². The molecular weight excluding hydrogens is 728 g/mol. The summed E-state index contributed by atoms with van der Waals surface area (Å²) in [4.78, 5) is 16.6. The van der Waals surface area contributed by atoms with E-state index in [1.54, 1.807) is 31.4 Å². The molecule has 4 rings (SSSR count). The van der Waals surface area contributed by atoms with Gasteiger partial charge in [-0.25, -0.2) is 9.78 Å². The number of aliphatic carboxylic acids is 1. The molecule has 2 N–H and O–H groups in total. The first-order valence-corrected chi connectivity index (χ1v) is 13.7. The fraction of sp³-hybridized carbons (Fsp3) is 0.0800. The second-order valence-corrected chi connectivity index (χ2v) is 11.2. The number of carbonyl (C=O) groups is 1. The first kappa shape index (κ1) is 26.8. The molecule has 0 aliphatic rings. The largest absolute Gasteiger partial charge is 0.496 e. The number of carboxylic acids is 1. The lowest BCUT2D eigenvalue weighted by Crippen LogP contribution is -2.01. The molecule has 0 saturated heterocycles. The third kappa shape index (κ3) is 6.72. The number of ether oxygens (including phenoxy) is 2. The molecule has 0 atom stereocenters. The number of H-pyrrole nitrogens is 1. The molecule has 11 heteroatoms. The molecular formula is C25H18ClI2N3O4S. The van der Waals surface area contributed by atoms with Crippen molar-refractivity contribution in [2.24, 2.45) is 0 Å². The molecule has 0 aliphatic heterocycles. The smallest absolute Gasteiger partial charge is 0.342 e. The highest BCUT2D eigenvalue weighted by atomic mass is 127. The standard InChI is InChI=1S/C25H18ClI2N3O4S/c1-34-20-8-7-16(26)11-18(20)23-29-25(31-30-23)36-21(24(32)33)10-15-9-17(27)12-19(28)22(15)35-13-14-5-3-2-4-6-14/h2-12H,13H2,1H3,(H,32,33)(H,29,30,31)/b21-10-. The molecule has 0 radical (unpaired) electrons. The van der Waals surface area contributed by atoms with Crippen molar-refractivity contribution in [2.45, 2.75) is 11.8 Å². The minimum absolute atomic E-state index is 0.0426. The summed E-state index contributed by atoms with van der Waals surface area (Å²) in [5.74, 6) is 0.486. The number of methoxy groups -OCH3 is 1. The topological polar surface area (TPSA) is 97.3 Å². The number of nitrogens with zero attached hydrogens (tertiary/aromatic N) is 2. The van der Waals surface area contributed by atoms with Gasteiger partial charge >= 0.3 is 5.97 Å². The number of hydrogen-bond acceptors (Lipinski definition) is 6. The summed E-state index contributed by atoms with van der Waals surface area (Å²) < 4.78 is 13.3. The monoisotopic (exact) mass is 745 g/mol. The second-order valence-electron chi connectivity index (χ2n) is 7.31. The van der Waals surface area contributed by atoms with Gasteiger partial charge in [-0.3, -0.25) is 5.10 Å². The average Bonchev–Trinajstić information content (AvgIpc) is 3.32. The number of aromatic amines is 1. The van der Waals surface area contributed by atoms with Crippen molar-refractivity contribution in [3.8, 4) is 22.9 Å². The maximum Gasteiger partial charge on any atom is 0.342 e. The first-order valence-electron chi connectivity index (χ1n) is 10.4. The molecule has 0 spiro atoms. The van der Waals surface area contributed by atoms with Crippen molar-refractivity contribution in [1.29, 1.82) is 0 Å². The van der Waals surface area contributed by atoms with E-state index in [4.69, 9.17) is 21.1 Å². The van der Waals surface area contributed by atoms with Crippen molar-refractivity contribution in [3.05, 3.63) is 88.9 Å². The van der Waals surface area contributed by atoms with E-state index < -0.39 is 5.97 Å². The van der Waals surface area contributed by atoms with Gasteiger partial charge in [0.05, 0.1) is 16.2 Å². The number of hydrogen-bond donors (Lipinski definition) is 2. The van der Waals surface area contributed by atoms with Crippen LogP contribution in [0.3, 0.4) is 0 Å². The molecule has 4 aromatic rings. The maximum atomic E-state index is 12.2. The summed E-state index contributed by atoms with van der Waals surface area (Å²) in [6.45, 7) is 0.361. The third-order valence-corrected chi connectivity index (χ3v) is 7.38. The van der Waals surface area contributed by atoms with Crippen molar-refractivity contribution in [2.75, 3.05) is 7.11 Å². The van der Waals surface area contributed by atoms with Crippen LogP contribution in [0.15, 0.2) is 70.7 Å². The van der Waals surface area contributed by atoms with Crippen LogP contribution in [-0.4, -0.2) is 33.4 Å². The second kappa shape index (κ2) is 12.3. The van der Waals surface area contributed by atoms with Crippen LogP contribution < -0.4 is 9.47 Å². The van der Waals surface area contributed by atoms with Crippen LogP contribution in [0.1, 0.15) is 11.1 Å². The van der Waals surface area contributed by atoms with E-state index in [1.165, 1.54) is 0 Å². The van der Waals surface area contributed by atoms with E-state index in [9.17, 15) is 9.90 Å². The Balaban J connectivity index is 1.64. The van der Waals surface area contributed by atoms with Gasteiger partial charge in [0.25, 0.3) is 0 Å². The number of nitrogens with one attached hydrogen (secondary N) is 1. The Bertz CT molecular complexity index is 1430. The molecule has 7 nitrogen and oxygen atoms in total. The molecule has 0 amide bonds. The van der Waals surface area contributed by atoms with Crippen molar-refractivity contribution in [1.82, 2.24) is 15.2 Å². The summed E-state index contributed by atoms with van der Waals surface area (Å²) in [6.07, 6.45) is 1.58. The summed E-state index contributed by atoms with van der Waals surface area (Å²) in [7, 11) is 1.55. The predicted octanol–water partition coefficient (Wildman–Crippen LogP) is 7.14. The minimum atomic E-state index is -1.10. The zero-order chi connectivity index (χ0) is 25.7. The predicted molar refractivity (Wildman–Crippen MR) is 158 cm³/mol. The lowest BCUT2D eigenvalue weighted by molar-refractivity contribution is -0.131. The molecule has 1 aromatic heterocycles. The van der Waals surface area contributed by atoms with Crippen molar-refractivity contribution < 1.29 is 19.4 Å². The molecule has 0 aliphatic carbocycles. The number of halogens is 3. The maximum absolute atomic E-state index is 12.2. The molecule has 184 valence electrons. The van der Waals surface area contributed by atoms with E-state index in [0.717, 1.165) is 24.5 Å². The quantitative estimate of drug-likeness (QED) is 0.107. The van der Waals surface area contributed by atoms with Gasteiger partial charge < -0.3 is 14.6 Å². The first-order chi connectivity index (χ1) is 17.3. The Morgan fingerprint density at radius 1 is 1.17 bits per heavy atom. The Morgan fingerprint density at radius 2 is 1.94 bits per heavy atom. The van der Waals surface area contributed by atoms with Gasteiger partial charge in [0.2, 0.25) is 5.16 Å². The number of thioether (sulfide) groups is 1. The summed E-state index contributed by atoms with van der Waals surface area (Å²) >= 11 is 11.5. The Labute approximate surface area is 243 Å². The Hall–Kier alpha value is -2.29. The number of carboxylic acid groups (broad SMARTS) is 1. The zero-order valence-corrected chi connectivity index (χ0v) is 24.6. The lowest BCUT2D eigenvalue weighted by atomic mass is 10.2. The molecule has 3 aromatic carbocycles. The fourth-order valence-electron chi connectivity index (χ4n) is 3.22. The lowest BCUT2D eigenvalue weighted by Gasteiger charge is -2.13. The number of benzene rings is 3. The van der Waals surface area contributed by atoms with E-state index in [0.29, 0.717) is 40.1 Å². The molecule has 0 fully saturated rings. The van der Waals surface area contributed by atoms with Crippen LogP contribution in [0, 0.1) is 7.14 Å². The average molecular weight is 746 g/mol. The van der Waals surface area contributed by atoms with Gasteiger partial charge in [-0.2, -0.15) is 0 Å². The van der Waals surface area contributed by atoms with E-state index in [2.05, 4.69) is 60.4 Å².